The minimum absolute atomic E-state index is 0.122. The van der Waals surface area contributed by atoms with Crippen LogP contribution in [0.4, 0.5) is 11.4 Å². The summed E-state index contributed by atoms with van der Waals surface area (Å²) in [5.74, 6) is -2.75. The lowest BCUT2D eigenvalue weighted by atomic mass is 9.79. The molecule has 3 heterocycles. The van der Waals surface area contributed by atoms with E-state index in [1.165, 1.54) is 18.2 Å². The molecular weight excluding hydrogens is 436 g/mol. The lowest BCUT2D eigenvalue weighted by Gasteiger charge is -2.35. The number of ketones is 1. The van der Waals surface area contributed by atoms with Gasteiger partial charge in [-0.1, -0.05) is 45.0 Å². The monoisotopic (exact) mass is 460 g/mol. The Labute approximate surface area is 196 Å². The number of imide groups is 1. The maximum Gasteiger partial charge on any atom is 0.269 e. The molecule has 2 amide bonds. The van der Waals surface area contributed by atoms with E-state index >= 15 is 0 Å². The molecule has 0 saturated carbocycles. The Morgan fingerprint density at radius 1 is 1.06 bits per heavy atom. The molecule has 0 radical (unpaired) electrons. The lowest BCUT2D eigenvalue weighted by Crippen LogP contribution is -2.48. The first kappa shape index (κ1) is 21.9. The highest BCUT2D eigenvalue weighted by Crippen LogP contribution is 2.53. The third kappa shape index (κ3) is 2.99. The summed E-state index contributed by atoms with van der Waals surface area (Å²) in [6.45, 7) is 7.00. The van der Waals surface area contributed by atoms with Crippen molar-refractivity contribution in [2.45, 2.75) is 39.8 Å². The number of rotatable bonds is 3. The van der Waals surface area contributed by atoms with E-state index in [0.29, 0.717) is 11.3 Å². The van der Waals surface area contributed by atoms with Crippen LogP contribution in [0.3, 0.4) is 0 Å². The van der Waals surface area contributed by atoms with E-state index in [9.17, 15) is 24.5 Å². The zero-order valence-corrected chi connectivity index (χ0v) is 19.3. The van der Waals surface area contributed by atoms with Gasteiger partial charge in [0.25, 0.3) is 5.69 Å². The van der Waals surface area contributed by atoms with Gasteiger partial charge in [-0.3, -0.25) is 29.5 Å². The molecule has 5 rings (SSSR count). The highest BCUT2D eigenvalue weighted by molar-refractivity contribution is 6.24. The molecule has 3 aliphatic rings. The van der Waals surface area contributed by atoms with E-state index in [1.54, 1.807) is 38.9 Å². The average molecular weight is 460 g/mol. The smallest absolute Gasteiger partial charge is 0.269 e. The molecule has 2 fully saturated rings. The van der Waals surface area contributed by atoms with Crippen LogP contribution in [0.2, 0.25) is 0 Å². The second kappa shape index (κ2) is 7.31. The van der Waals surface area contributed by atoms with Crippen LogP contribution >= 0.6 is 0 Å². The zero-order chi connectivity index (χ0) is 24.5. The van der Waals surface area contributed by atoms with Gasteiger partial charge in [-0.2, -0.15) is 5.10 Å². The summed E-state index contributed by atoms with van der Waals surface area (Å²) in [6, 6.07) is 10.1. The minimum atomic E-state index is -0.901. The predicted molar refractivity (Wildman–Crippen MR) is 124 cm³/mol. The number of carbonyl (C=O) groups excluding carboxylic acids is 3. The van der Waals surface area contributed by atoms with Crippen molar-refractivity contribution in [3.05, 3.63) is 69.3 Å². The standard InChI is InChI=1S/C25H24N4O5/c1-13-11-15(29(33)34)9-10-17(13)27-23(31)18-19(24(27)32)21(22(30)25(2,3)4)28-20(18)16-8-6-5-7-14(16)12-26-28/h5-12,18-21H,1-4H3/t18-,19+,20+,21-/m1/s1. The van der Waals surface area contributed by atoms with Gasteiger partial charge in [0.1, 0.15) is 6.04 Å². The van der Waals surface area contributed by atoms with E-state index in [2.05, 4.69) is 5.10 Å². The molecule has 0 spiro atoms. The average Bonchev–Trinajstić information content (AvgIpc) is 3.25. The van der Waals surface area contributed by atoms with Gasteiger partial charge in [-0.25, -0.2) is 4.90 Å². The summed E-state index contributed by atoms with van der Waals surface area (Å²) >= 11 is 0. The Hall–Kier alpha value is -3.88. The first-order chi connectivity index (χ1) is 16.0. The van der Waals surface area contributed by atoms with Crippen molar-refractivity contribution in [2.75, 3.05) is 4.90 Å². The molecule has 0 N–H and O–H groups in total. The second-order valence-corrected chi connectivity index (χ2v) is 10.0. The molecule has 9 nitrogen and oxygen atoms in total. The molecule has 0 bridgehead atoms. The summed E-state index contributed by atoms with van der Waals surface area (Å²) in [6.07, 6.45) is 1.67. The van der Waals surface area contributed by atoms with Crippen LogP contribution in [0.15, 0.2) is 47.6 Å². The molecule has 0 unspecified atom stereocenters. The number of fused-ring (bicyclic) bond motifs is 5. The molecule has 3 aliphatic heterocycles. The molecule has 2 aromatic carbocycles. The molecule has 34 heavy (non-hydrogen) atoms. The van der Waals surface area contributed by atoms with Gasteiger partial charge in [0.05, 0.1) is 34.7 Å². The van der Waals surface area contributed by atoms with Crippen molar-refractivity contribution in [2.24, 2.45) is 22.4 Å². The van der Waals surface area contributed by atoms with Gasteiger partial charge in [0, 0.05) is 17.5 Å². The maximum absolute atomic E-state index is 13.8. The molecule has 4 atom stereocenters. The van der Waals surface area contributed by atoms with Gasteiger partial charge in [0.2, 0.25) is 11.8 Å². The predicted octanol–water partition coefficient (Wildman–Crippen LogP) is 3.40. The minimum Gasteiger partial charge on any atom is -0.297 e. The van der Waals surface area contributed by atoms with Gasteiger partial charge < -0.3 is 0 Å². The highest BCUT2D eigenvalue weighted by Gasteiger charge is 2.66. The number of nitro benzene ring substituents is 1. The fraction of sp³-hybridized carbons (Fsp3) is 0.360. The van der Waals surface area contributed by atoms with E-state index in [-0.39, 0.29) is 11.5 Å². The van der Waals surface area contributed by atoms with Crippen molar-refractivity contribution in [3.8, 4) is 0 Å². The van der Waals surface area contributed by atoms with Gasteiger partial charge in [-0.05, 0) is 29.7 Å². The van der Waals surface area contributed by atoms with Gasteiger partial charge in [0.15, 0.2) is 5.78 Å². The number of aryl methyl sites for hydroxylation is 1. The normalized spacial score (nSPS) is 25.3. The van der Waals surface area contributed by atoms with Gasteiger partial charge >= 0.3 is 0 Å². The summed E-state index contributed by atoms with van der Waals surface area (Å²) in [5.41, 5.74) is 1.56. The number of anilines is 1. The SMILES string of the molecule is Cc1cc([N+](=O)[O-])ccc1N1C(=O)[C@@H]2[C@H](C1=O)[C@H](C(=O)C(C)(C)C)N1N=Cc3ccccc3[C@@H]21. The van der Waals surface area contributed by atoms with Crippen LogP contribution < -0.4 is 4.90 Å². The quantitative estimate of drug-likeness (QED) is 0.394. The summed E-state index contributed by atoms with van der Waals surface area (Å²) in [7, 11) is 0. The van der Waals surface area contributed by atoms with Crippen molar-refractivity contribution in [3.63, 3.8) is 0 Å². The summed E-state index contributed by atoms with van der Waals surface area (Å²) in [4.78, 5) is 53.0. The number of nitrogens with zero attached hydrogens (tertiary/aromatic N) is 4. The number of hydrogen-bond acceptors (Lipinski definition) is 7. The van der Waals surface area contributed by atoms with Crippen LogP contribution in [0.1, 0.15) is 43.5 Å². The largest absolute Gasteiger partial charge is 0.297 e. The number of amides is 2. The maximum atomic E-state index is 13.8. The van der Waals surface area contributed by atoms with Crippen molar-refractivity contribution >= 4 is 35.2 Å². The number of nitro groups is 1. The van der Waals surface area contributed by atoms with E-state index < -0.39 is 46.1 Å². The number of non-ortho nitro benzene ring substituents is 1. The summed E-state index contributed by atoms with van der Waals surface area (Å²) < 4.78 is 0. The highest BCUT2D eigenvalue weighted by atomic mass is 16.6. The molecule has 0 aromatic heterocycles. The molecule has 0 aliphatic carbocycles. The van der Waals surface area contributed by atoms with E-state index in [1.807, 2.05) is 24.3 Å². The first-order valence-electron chi connectivity index (χ1n) is 11.1. The van der Waals surface area contributed by atoms with Gasteiger partial charge in [-0.15, -0.1) is 0 Å². The van der Waals surface area contributed by atoms with Crippen molar-refractivity contribution in [1.29, 1.82) is 0 Å². The fourth-order valence-corrected chi connectivity index (χ4v) is 5.35. The third-order valence-corrected chi connectivity index (χ3v) is 6.93. The topological polar surface area (TPSA) is 113 Å². The van der Waals surface area contributed by atoms with Crippen LogP contribution in [0, 0.1) is 34.3 Å². The number of carbonyl (C=O) groups is 3. The molecule has 2 saturated heterocycles. The van der Waals surface area contributed by atoms with Crippen LogP contribution in [-0.4, -0.2) is 39.8 Å². The number of Topliss-reactive ketones (excluding diaryl/α,β-unsaturated/α-hetero) is 1. The van der Waals surface area contributed by atoms with E-state index in [0.717, 1.165) is 16.0 Å². The Morgan fingerprint density at radius 2 is 1.74 bits per heavy atom. The lowest BCUT2D eigenvalue weighted by molar-refractivity contribution is -0.384. The van der Waals surface area contributed by atoms with Crippen LogP contribution in [0.25, 0.3) is 0 Å². The second-order valence-electron chi connectivity index (χ2n) is 10.0. The third-order valence-electron chi connectivity index (χ3n) is 6.93. The Bertz CT molecular complexity index is 1290. The van der Waals surface area contributed by atoms with Crippen molar-refractivity contribution in [1.82, 2.24) is 5.01 Å². The summed E-state index contributed by atoms with van der Waals surface area (Å²) in [5, 5.41) is 17.3. The molecule has 2 aromatic rings. The Morgan fingerprint density at radius 3 is 2.38 bits per heavy atom. The molecular formula is C25H24N4O5. The fourth-order valence-electron chi connectivity index (χ4n) is 5.35. The first-order valence-corrected chi connectivity index (χ1v) is 11.1. The number of benzene rings is 2. The van der Waals surface area contributed by atoms with Crippen LogP contribution in [-0.2, 0) is 14.4 Å². The number of hydrazone groups is 1. The Kier molecular flexibility index (Phi) is 4.72. The molecule has 9 heteroatoms. The van der Waals surface area contributed by atoms with Crippen molar-refractivity contribution < 1.29 is 19.3 Å². The van der Waals surface area contributed by atoms with E-state index in [4.69, 9.17) is 0 Å². The Balaban J connectivity index is 1.65. The van der Waals surface area contributed by atoms with Crippen LogP contribution in [0.5, 0.6) is 0 Å². The molecule has 174 valence electrons. The number of hydrogen-bond donors (Lipinski definition) is 0. The zero-order valence-electron chi connectivity index (χ0n) is 19.3.